The summed E-state index contributed by atoms with van der Waals surface area (Å²) in [5.74, 6) is -0.478. The van der Waals surface area contributed by atoms with Crippen LogP contribution in [0.5, 0.6) is 0 Å². The van der Waals surface area contributed by atoms with E-state index in [0.29, 0.717) is 5.56 Å². The summed E-state index contributed by atoms with van der Waals surface area (Å²) in [6.45, 7) is 3.79. The van der Waals surface area contributed by atoms with Crippen molar-refractivity contribution in [1.82, 2.24) is 5.43 Å². The molecule has 0 unspecified atom stereocenters. The Morgan fingerprint density at radius 1 is 1.09 bits per heavy atom. The largest absolute Gasteiger partial charge is 0.417 e. The number of aryl methyl sites for hydroxylation is 2. The van der Waals surface area contributed by atoms with Crippen molar-refractivity contribution in [3.05, 3.63) is 70.3 Å². The summed E-state index contributed by atoms with van der Waals surface area (Å²) in [6.07, 6.45) is -3.48. The van der Waals surface area contributed by atoms with Crippen molar-refractivity contribution in [2.24, 2.45) is 5.10 Å². The van der Waals surface area contributed by atoms with E-state index in [4.69, 9.17) is 0 Å². The molecule has 0 aliphatic carbocycles. The Morgan fingerprint density at radius 2 is 1.78 bits per heavy atom. The third kappa shape index (κ3) is 4.18. The van der Waals surface area contributed by atoms with Crippen LogP contribution in [0.1, 0.15) is 32.6 Å². The van der Waals surface area contributed by atoms with Gasteiger partial charge in [0.2, 0.25) is 0 Å². The maximum absolute atomic E-state index is 12.8. The highest BCUT2D eigenvalue weighted by atomic mass is 19.4. The number of rotatable bonds is 3. The van der Waals surface area contributed by atoms with Crippen LogP contribution in [0, 0.1) is 13.8 Å². The van der Waals surface area contributed by atoms with Gasteiger partial charge in [0.15, 0.2) is 0 Å². The zero-order valence-electron chi connectivity index (χ0n) is 12.6. The van der Waals surface area contributed by atoms with E-state index < -0.39 is 17.6 Å². The normalized spacial score (nSPS) is 11.7. The molecular weight excluding hydrogens is 305 g/mol. The first-order chi connectivity index (χ1) is 10.8. The molecule has 2 aromatic rings. The van der Waals surface area contributed by atoms with Gasteiger partial charge >= 0.3 is 6.18 Å². The lowest BCUT2D eigenvalue weighted by atomic mass is 10.1. The predicted molar refractivity (Wildman–Crippen MR) is 82.4 cm³/mol. The van der Waals surface area contributed by atoms with Crippen LogP contribution in [0.4, 0.5) is 13.2 Å². The minimum absolute atomic E-state index is 0.111. The van der Waals surface area contributed by atoms with Gasteiger partial charge in [-0.05, 0) is 43.2 Å². The number of nitrogens with one attached hydrogen (secondary N) is 1. The Morgan fingerprint density at radius 3 is 2.43 bits per heavy atom. The molecule has 2 aromatic carbocycles. The van der Waals surface area contributed by atoms with Gasteiger partial charge in [0.25, 0.3) is 5.91 Å². The molecule has 6 heteroatoms. The van der Waals surface area contributed by atoms with Gasteiger partial charge in [-0.3, -0.25) is 4.79 Å². The van der Waals surface area contributed by atoms with Crippen molar-refractivity contribution in [1.29, 1.82) is 0 Å². The number of alkyl halides is 3. The lowest BCUT2D eigenvalue weighted by molar-refractivity contribution is -0.137. The summed E-state index contributed by atoms with van der Waals surface area (Å²) < 4.78 is 38.5. The lowest BCUT2D eigenvalue weighted by Crippen LogP contribution is -2.18. The number of hydrogen-bond donors (Lipinski definition) is 1. The summed E-state index contributed by atoms with van der Waals surface area (Å²) in [7, 11) is 0. The molecule has 0 fully saturated rings. The number of hydrogen-bond acceptors (Lipinski definition) is 2. The Balaban J connectivity index is 2.13. The molecule has 0 spiro atoms. The topological polar surface area (TPSA) is 41.5 Å². The van der Waals surface area contributed by atoms with Gasteiger partial charge in [-0.1, -0.05) is 24.3 Å². The Labute approximate surface area is 131 Å². The third-order valence-corrected chi connectivity index (χ3v) is 3.41. The molecule has 1 amide bonds. The Kier molecular flexibility index (Phi) is 4.83. The van der Waals surface area contributed by atoms with Crippen LogP contribution in [0.15, 0.2) is 47.6 Å². The molecule has 0 heterocycles. The zero-order chi connectivity index (χ0) is 17.0. The predicted octanol–water partition coefficient (Wildman–Crippen LogP) is 4.09. The second kappa shape index (κ2) is 6.64. The summed E-state index contributed by atoms with van der Waals surface area (Å²) in [4.78, 5) is 11.9. The van der Waals surface area contributed by atoms with E-state index in [-0.39, 0.29) is 5.56 Å². The quantitative estimate of drug-likeness (QED) is 0.672. The van der Waals surface area contributed by atoms with Gasteiger partial charge in [-0.2, -0.15) is 18.3 Å². The van der Waals surface area contributed by atoms with Crippen LogP contribution in [0.2, 0.25) is 0 Å². The van der Waals surface area contributed by atoms with Crippen LogP contribution in [-0.4, -0.2) is 12.1 Å². The summed E-state index contributed by atoms with van der Waals surface area (Å²) in [5.41, 5.74) is 3.71. The number of amides is 1. The second-order valence-corrected chi connectivity index (χ2v) is 5.08. The first kappa shape index (κ1) is 16.7. The van der Waals surface area contributed by atoms with Crippen LogP contribution >= 0.6 is 0 Å². The molecular formula is C17H15F3N2O. The smallest absolute Gasteiger partial charge is 0.267 e. The van der Waals surface area contributed by atoms with E-state index in [2.05, 4.69) is 10.5 Å². The van der Waals surface area contributed by atoms with Crippen LogP contribution in [-0.2, 0) is 6.18 Å². The monoisotopic (exact) mass is 320 g/mol. The van der Waals surface area contributed by atoms with E-state index in [9.17, 15) is 18.0 Å². The first-order valence-corrected chi connectivity index (χ1v) is 6.86. The number of benzene rings is 2. The van der Waals surface area contributed by atoms with E-state index in [1.54, 1.807) is 18.2 Å². The van der Waals surface area contributed by atoms with Crippen LogP contribution in [0.25, 0.3) is 0 Å². The zero-order valence-corrected chi connectivity index (χ0v) is 12.6. The van der Waals surface area contributed by atoms with Crippen molar-refractivity contribution >= 4 is 12.1 Å². The summed E-state index contributed by atoms with van der Waals surface area (Å²) in [5, 5.41) is 3.62. The van der Waals surface area contributed by atoms with Gasteiger partial charge in [0.05, 0.1) is 11.8 Å². The fourth-order valence-electron chi connectivity index (χ4n) is 1.98. The van der Waals surface area contributed by atoms with Crippen molar-refractivity contribution in [2.75, 3.05) is 0 Å². The average Bonchev–Trinajstić information content (AvgIpc) is 2.49. The number of halogens is 3. The summed E-state index contributed by atoms with van der Waals surface area (Å²) >= 11 is 0. The van der Waals surface area contributed by atoms with Crippen molar-refractivity contribution in [3.63, 3.8) is 0 Å². The van der Waals surface area contributed by atoms with Crippen LogP contribution < -0.4 is 5.43 Å². The van der Waals surface area contributed by atoms with Gasteiger partial charge in [-0.15, -0.1) is 0 Å². The maximum atomic E-state index is 12.8. The van der Waals surface area contributed by atoms with Gasteiger partial charge in [0.1, 0.15) is 0 Å². The van der Waals surface area contributed by atoms with E-state index in [1.807, 2.05) is 13.8 Å². The minimum atomic E-state index is -4.47. The highest BCUT2D eigenvalue weighted by Crippen LogP contribution is 2.31. The molecule has 1 N–H and O–H groups in total. The van der Waals surface area contributed by atoms with Crippen molar-refractivity contribution in [3.8, 4) is 0 Å². The van der Waals surface area contributed by atoms with Gasteiger partial charge < -0.3 is 0 Å². The van der Waals surface area contributed by atoms with E-state index in [1.165, 1.54) is 18.2 Å². The maximum Gasteiger partial charge on any atom is 0.417 e. The molecule has 2 rings (SSSR count). The SMILES string of the molecule is Cc1ccc(C(=O)N/N=C/c2ccccc2C(F)(F)F)cc1C. The fraction of sp³-hybridized carbons (Fsp3) is 0.176. The molecule has 0 saturated carbocycles. The molecule has 23 heavy (non-hydrogen) atoms. The number of hydrazone groups is 1. The average molecular weight is 320 g/mol. The second-order valence-electron chi connectivity index (χ2n) is 5.08. The lowest BCUT2D eigenvalue weighted by Gasteiger charge is -2.09. The minimum Gasteiger partial charge on any atom is -0.267 e. The Hall–Kier alpha value is -2.63. The first-order valence-electron chi connectivity index (χ1n) is 6.86. The van der Waals surface area contributed by atoms with Crippen molar-refractivity contribution in [2.45, 2.75) is 20.0 Å². The van der Waals surface area contributed by atoms with Gasteiger partial charge in [0, 0.05) is 11.1 Å². The van der Waals surface area contributed by atoms with E-state index >= 15 is 0 Å². The number of nitrogens with zero attached hydrogens (tertiary/aromatic N) is 1. The molecule has 0 aromatic heterocycles. The highest BCUT2D eigenvalue weighted by molar-refractivity contribution is 5.95. The Bertz CT molecular complexity index is 752. The molecule has 3 nitrogen and oxygen atoms in total. The standard InChI is InChI=1S/C17H15F3N2O/c1-11-7-8-13(9-12(11)2)16(23)22-21-10-14-5-3-4-6-15(14)17(18,19)20/h3-10H,1-2H3,(H,22,23)/b21-10+. The molecule has 0 bridgehead atoms. The third-order valence-electron chi connectivity index (χ3n) is 3.41. The van der Waals surface area contributed by atoms with Crippen molar-refractivity contribution < 1.29 is 18.0 Å². The molecule has 0 radical (unpaired) electrons. The molecule has 0 saturated heterocycles. The highest BCUT2D eigenvalue weighted by Gasteiger charge is 2.32. The molecule has 120 valence electrons. The van der Waals surface area contributed by atoms with E-state index in [0.717, 1.165) is 23.4 Å². The summed E-state index contributed by atoms with van der Waals surface area (Å²) in [6, 6.07) is 10.2. The molecule has 0 atom stereocenters. The molecule has 0 aliphatic heterocycles. The fourth-order valence-corrected chi connectivity index (χ4v) is 1.98. The number of carbonyl (C=O) groups is 1. The number of carbonyl (C=O) groups excluding carboxylic acids is 1. The molecule has 0 aliphatic rings. The van der Waals surface area contributed by atoms with Crippen LogP contribution in [0.3, 0.4) is 0 Å². The van der Waals surface area contributed by atoms with Gasteiger partial charge in [-0.25, -0.2) is 5.43 Å².